The first-order chi connectivity index (χ1) is 7.12. The fourth-order valence-corrected chi connectivity index (χ4v) is 5.30. The Hall–Kier alpha value is -0.180. The second kappa shape index (κ2) is 4.59. The van der Waals surface area contributed by atoms with Crippen molar-refractivity contribution >= 4 is 19.9 Å². The maximum atomic E-state index is 11.7. The van der Waals surface area contributed by atoms with Gasteiger partial charge in [0.05, 0.1) is 6.10 Å². The van der Waals surface area contributed by atoms with Gasteiger partial charge in [-0.1, -0.05) is 6.92 Å². The predicted octanol–water partition coefficient (Wildman–Crippen LogP) is -0.979. The van der Waals surface area contributed by atoms with Gasteiger partial charge in [-0.15, -0.1) is 0 Å². The van der Waals surface area contributed by atoms with Crippen molar-refractivity contribution in [3.05, 3.63) is 0 Å². The van der Waals surface area contributed by atoms with Crippen LogP contribution < -0.4 is 0 Å². The second-order valence-electron chi connectivity index (χ2n) is 4.35. The summed E-state index contributed by atoms with van der Waals surface area (Å²) >= 11 is 0. The minimum atomic E-state index is -3.76. The molecule has 2 unspecified atom stereocenters. The largest absolute Gasteiger partial charge is 0.393 e. The molecule has 0 spiro atoms. The molecule has 16 heavy (non-hydrogen) atoms. The zero-order valence-electron chi connectivity index (χ0n) is 9.33. The minimum Gasteiger partial charge on any atom is -0.393 e. The summed E-state index contributed by atoms with van der Waals surface area (Å²) in [5, 5.41) is 8.60. The van der Waals surface area contributed by atoms with Gasteiger partial charge in [0.1, 0.15) is 0 Å². The molecule has 0 saturated carbocycles. The van der Waals surface area contributed by atoms with E-state index in [0.717, 1.165) is 10.6 Å². The van der Waals surface area contributed by atoms with E-state index in [2.05, 4.69) is 0 Å². The molecule has 1 fully saturated rings. The van der Waals surface area contributed by atoms with Crippen molar-refractivity contribution in [2.75, 3.05) is 24.4 Å². The molecule has 6 nitrogen and oxygen atoms in total. The number of hydrogen-bond acceptors (Lipinski definition) is 5. The summed E-state index contributed by atoms with van der Waals surface area (Å²) in [6, 6.07) is 0. The van der Waals surface area contributed by atoms with Gasteiger partial charge in [-0.05, 0) is 12.3 Å². The van der Waals surface area contributed by atoms with Crippen LogP contribution in [0.3, 0.4) is 0 Å². The molecule has 0 bridgehead atoms. The maximum absolute atomic E-state index is 11.7. The van der Waals surface area contributed by atoms with Crippen LogP contribution in [0.4, 0.5) is 0 Å². The molecule has 8 heteroatoms. The Bertz CT molecular complexity index is 441. The third-order valence-corrected chi connectivity index (χ3v) is 6.60. The SMILES string of the molecule is CC1CN(S(=O)(=O)CS(C)(=O)=O)CCC1O. The molecule has 1 rings (SSSR count). The lowest BCUT2D eigenvalue weighted by Crippen LogP contribution is -2.46. The number of sulfone groups is 1. The quantitative estimate of drug-likeness (QED) is 0.712. The third-order valence-electron chi connectivity index (χ3n) is 2.58. The first kappa shape index (κ1) is 13.9. The highest BCUT2D eigenvalue weighted by atomic mass is 32.3. The summed E-state index contributed by atoms with van der Waals surface area (Å²) in [4.78, 5) is 0. The first-order valence-corrected chi connectivity index (χ1v) is 8.62. The molecule has 1 aliphatic heterocycles. The molecule has 0 aliphatic carbocycles. The molecular weight excluding hydrogens is 254 g/mol. The van der Waals surface area contributed by atoms with Gasteiger partial charge < -0.3 is 5.11 Å². The third kappa shape index (κ3) is 3.69. The van der Waals surface area contributed by atoms with E-state index >= 15 is 0 Å². The van der Waals surface area contributed by atoms with Gasteiger partial charge in [0.2, 0.25) is 10.0 Å². The molecule has 0 aromatic carbocycles. The molecule has 2 atom stereocenters. The molecule has 0 aromatic rings. The van der Waals surface area contributed by atoms with E-state index in [0.29, 0.717) is 6.42 Å². The number of aliphatic hydroxyl groups excluding tert-OH is 1. The van der Waals surface area contributed by atoms with Gasteiger partial charge in [-0.25, -0.2) is 21.1 Å². The van der Waals surface area contributed by atoms with Crippen molar-refractivity contribution in [2.45, 2.75) is 19.4 Å². The number of sulfonamides is 1. The monoisotopic (exact) mass is 271 g/mol. The Morgan fingerprint density at radius 2 is 1.88 bits per heavy atom. The van der Waals surface area contributed by atoms with Gasteiger partial charge in [-0.3, -0.25) is 0 Å². The lowest BCUT2D eigenvalue weighted by molar-refractivity contribution is 0.0630. The first-order valence-electron chi connectivity index (χ1n) is 4.95. The summed E-state index contributed by atoms with van der Waals surface area (Å²) in [5.41, 5.74) is 0. The smallest absolute Gasteiger partial charge is 0.228 e. The summed E-state index contributed by atoms with van der Waals surface area (Å²) < 4.78 is 46.5. The molecule has 1 heterocycles. The fourth-order valence-electron chi connectivity index (χ4n) is 1.69. The van der Waals surface area contributed by atoms with Gasteiger partial charge in [0.25, 0.3) is 0 Å². The van der Waals surface area contributed by atoms with Crippen molar-refractivity contribution in [3.8, 4) is 0 Å². The normalized spacial score (nSPS) is 29.2. The average Bonchev–Trinajstić information content (AvgIpc) is 2.05. The lowest BCUT2D eigenvalue weighted by Gasteiger charge is -2.33. The van der Waals surface area contributed by atoms with Crippen molar-refractivity contribution in [1.29, 1.82) is 0 Å². The predicted molar refractivity (Wildman–Crippen MR) is 60.0 cm³/mol. The zero-order chi connectivity index (χ0) is 12.6. The highest BCUT2D eigenvalue weighted by Gasteiger charge is 2.33. The second-order valence-corrected chi connectivity index (χ2v) is 8.82. The Morgan fingerprint density at radius 3 is 2.31 bits per heavy atom. The van der Waals surface area contributed by atoms with Crippen LogP contribution in [0.2, 0.25) is 0 Å². The fraction of sp³-hybridized carbons (Fsp3) is 1.00. The van der Waals surface area contributed by atoms with Crippen LogP contribution in [-0.2, 0) is 19.9 Å². The Kier molecular flexibility index (Phi) is 3.99. The van der Waals surface area contributed by atoms with Crippen LogP contribution in [0.5, 0.6) is 0 Å². The Balaban J connectivity index is 2.79. The summed E-state index contributed by atoms with van der Waals surface area (Å²) in [6.45, 7) is 2.11. The van der Waals surface area contributed by atoms with Crippen LogP contribution >= 0.6 is 0 Å². The van der Waals surface area contributed by atoms with E-state index in [1.54, 1.807) is 6.92 Å². The number of aliphatic hydroxyl groups is 1. The molecule has 1 N–H and O–H groups in total. The Labute approximate surface area is 96.2 Å². The maximum Gasteiger partial charge on any atom is 0.228 e. The van der Waals surface area contributed by atoms with Gasteiger partial charge >= 0.3 is 0 Å². The van der Waals surface area contributed by atoms with Gasteiger partial charge in [-0.2, -0.15) is 0 Å². The lowest BCUT2D eigenvalue weighted by atomic mass is 9.99. The molecule has 96 valence electrons. The molecule has 0 amide bonds. The van der Waals surface area contributed by atoms with Crippen molar-refractivity contribution in [2.24, 2.45) is 5.92 Å². The van der Waals surface area contributed by atoms with Crippen LogP contribution in [0.1, 0.15) is 13.3 Å². The van der Waals surface area contributed by atoms with Crippen LogP contribution in [-0.4, -0.2) is 56.8 Å². The summed E-state index contributed by atoms with van der Waals surface area (Å²) in [6.07, 6.45) is 0.737. The highest BCUT2D eigenvalue weighted by molar-refractivity contribution is 8.06. The number of piperidine rings is 1. The van der Waals surface area contributed by atoms with E-state index < -0.39 is 31.0 Å². The minimum absolute atomic E-state index is 0.164. The van der Waals surface area contributed by atoms with E-state index in [-0.39, 0.29) is 19.0 Å². The topological polar surface area (TPSA) is 91.8 Å². The highest BCUT2D eigenvalue weighted by Crippen LogP contribution is 2.19. The van der Waals surface area contributed by atoms with E-state index in [1.807, 2.05) is 0 Å². The van der Waals surface area contributed by atoms with Crippen LogP contribution in [0, 0.1) is 5.92 Å². The standard InChI is InChI=1S/C8H17NO5S2/c1-7-5-9(4-3-8(7)10)16(13,14)6-15(2,11)12/h7-8,10H,3-6H2,1-2H3. The van der Waals surface area contributed by atoms with Gasteiger partial charge in [0, 0.05) is 19.3 Å². The van der Waals surface area contributed by atoms with Crippen molar-refractivity contribution < 1.29 is 21.9 Å². The van der Waals surface area contributed by atoms with Crippen LogP contribution in [0.15, 0.2) is 0 Å². The molecular formula is C8H17NO5S2. The van der Waals surface area contributed by atoms with E-state index in [9.17, 15) is 21.9 Å². The molecule has 1 saturated heterocycles. The molecule has 0 radical (unpaired) electrons. The van der Waals surface area contributed by atoms with Gasteiger partial charge in [0.15, 0.2) is 14.9 Å². The Morgan fingerprint density at radius 1 is 1.31 bits per heavy atom. The number of rotatable bonds is 3. The van der Waals surface area contributed by atoms with Crippen LogP contribution in [0.25, 0.3) is 0 Å². The summed E-state index contributed by atoms with van der Waals surface area (Å²) in [5.74, 6) is -0.164. The van der Waals surface area contributed by atoms with E-state index in [1.165, 1.54) is 0 Å². The molecule has 1 aliphatic rings. The zero-order valence-corrected chi connectivity index (χ0v) is 11.0. The van der Waals surface area contributed by atoms with E-state index in [4.69, 9.17) is 0 Å². The van der Waals surface area contributed by atoms with Crippen molar-refractivity contribution in [3.63, 3.8) is 0 Å². The molecule has 0 aromatic heterocycles. The van der Waals surface area contributed by atoms with Crippen molar-refractivity contribution in [1.82, 2.24) is 4.31 Å². The number of nitrogens with zero attached hydrogens (tertiary/aromatic N) is 1. The average molecular weight is 271 g/mol. The number of hydrogen-bond donors (Lipinski definition) is 1. The summed E-state index contributed by atoms with van der Waals surface area (Å²) in [7, 11) is -7.32.